The molecular weight excluding hydrogens is 358 g/mol. The lowest BCUT2D eigenvalue weighted by atomic mass is 10.0. The highest BCUT2D eigenvalue weighted by atomic mass is 16.6. The van der Waals surface area contributed by atoms with Gasteiger partial charge in [0.25, 0.3) is 0 Å². The lowest BCUT2D eigenvalue weighted by Crippen LogP contribution is -2.42. The van der Waals surface area contributed by atoms with Crippen LogP contribution in [0, 0.1) is 10.8 Å². The van der Waals surface area contributed by atoms with Crippen LogP contribution in [0.1, 0.15) is 26.7 Å². The average molecular weight is 385 g/mol. The number of ether oxygens (including phenoxy) is 3. The van der Waals surface area contributed by atoms with Gasteiger partial charge in [0.2, 0.25) is 0 Å². The molecule has 150 valence electrons. The highest BCUT2D eigenvalue weighted by molar-refractivity contribution is 6.08. The minimum atomic E-state index is 0.0986. The molecule has 1 aromatic carbocycles. The molecule has 0 radical (unpaired) electrons. The molecular formula is C20H27N5O3. The van der Waals surface area contributed by atoms with Crippen LogP contribution >= 0.6 is 0 Å². The van der Waals surface area contributed by atoms with E-state index in [0.717, 1.165) is 60.7 Å². The number of hydrogen-bond donors (Lipinski definition) is 3. The fraction of sp³-hybridized carbons (Fsp3) is 0.450. The summed E-state index contributed by atoms with van der Waals surface area (Å²) in [6, 6.07) is 5.67. The maximum absolute atomic E-state index is 8.47. The summed E-state index contributed by atoms with van der Waals surface area (Å²) in [5.41, 5.74) is 7.34. The van der Waals surface area contributed by atoms with Gasteiger partial charge in [0.05, 0.1) is 0 Å². The molecule has 8 heteroatoms. The Morgan fingerprint density at radius 2 is 1.86 bits per heavy atom. The minimum Gasteiger partial charge on any atom is -0.490 e. The van der Waals surface area contributed by atoms with Crippen LogP contribution in [0.3, 0.4) is 0 Å². The molecule has 0 unspecified atom stereocenters. The number of rotatable bonds is 5. The van der Waals surface area contributed by atoms with Gasteiger partial charge < -0.3 is 24.8 Å². The third-order valence-corrected chi connectivity index (χ3v) is 5.08. The number of likely N-dealkylation sites (tertiary alicyclic amines) is 1. The Balaban J connectivity index is 1.57. The normalized spacial score (nSPS) is 18.4. The summed E-state index contributed by atoms with van der Waals surface area (Å²) < 4.78 is 17.3. The number of nitrogens with zero attached hydrogens (tertiary/aromatic N) is 2. The molecule has 0 amide bonds. The van der Waals surface area contributed by atoms with Crippen molar-refractivity contribution >= 4 is 18.0 Å². The van der Waals surface area contributed by atoms with Gasteiger partial charge in [0, 0.05) is 32.0 Å². The molecule has 0 bridgehead atoms. The number of fused-ring (bicyclic) bond motifs is 1. The molecule has 4 N–H and O–H groups in total. The van der Waals surface area contributed by atoms with E-state index in [1.807, 2.05) is 36.9 Å². The van der Waals surface area contributed by atoms with Crippen molar-refractivity contribution in [2.75, 3.05) is 26.3 Å². The van der Waals surface area contributed by atoms with Crippen LogP contribution in [-0.4, -0.2) is 55.3 Å². The smallest absolute Gasteiger partial charge is 0.165 e. The van der Waals surface area contributed by atoms with Gasteiger partial charge in [-0.05, 0) is 37.1 Å². The standard InChI is InChI=1S/C20H27N5O3/c1-13(19(22)24-12-21)14(2)20(23)25-7-5-15(6-8-25)28-16-3-4-17-18(11-16)27-10-9-26-17/h3-4,11-12,15,23H,5-10H2,1-2H3,(H3,21,22,24)/b14-13-,23-20?. The quantitative estimate of drug-likeness (QED) is 0.532. The average Bonchev–Trinajstić information content (AvgIpc) is 2.72. The number of nitrogens with one attached hydrogen (secondary N) is 2. The van der Waals surface area contributed by atoms with Crippen molar-refractivity contribution in [2.45, 2.75) is 32.8 Å². The first-order valence-corrected chi connectivity index (χ1v) is 9.40. The van der Waals surface area contributed by atoms with E-state index in [0.29, 0.717) is 19.0 Å². The summed E-state index contributed by atoms with van der Waals surface area (Å²) in [5, 5.41) is 15.5. The Kier molecular flexibility index (Phi) is 6.18. The zero-order chi connectivity index (χ0) is 20.1. The van der Waals surface area contributed by atoms with Crippen molar-refractivity contribution in [3.63, 3.8) is 0 Å². The van der Waals surface area contributed by atoms with Gasteiger partial charge in [-0.25, -0.2) is 4.99 Å². The monoisotopic (exact) mass is 385 g/mol. The van der Waals surface area contributed by atoms with Gasteiger partial charge in [-0.1, -0.05) is 0 Å². The molecule has 2 aliphatic rings. The summed E-state index contributed by atoms with van der Waals surface area (Å²) in [6.45, 7) is 6.29. The van der Waals surface area contributed by atoms with Gasteiger partial charge in [-0.15, -0.1) is 0 Å². The van der Waals surface area contributed by atoms with Crippen LogP contribution in [0.25, 0.3) is 0 Å². The highest BCUT2D eigenvalue weighted by Crippen LogP contribution is 2.34. The van der Waals surface area contributed by atoms with Gasteiger partial charge in [-0.3, -0.25) is 10.8 Å². The molecule has 28 heavy (non-hydrogen) atoms. The second-order valence-corrected chi connectivity index (χ2v) is 6.85. The number of nitrogens with two attached hydrogens (primary N) is 1. The third-order valence-electron chi connectivity index (χ3n) is 5.08. The highest BCUT2D eigenvalue weighted by Gasteiger charge is 2.24. The first-order chi connectivity index (χ1) is 13.5. The van der Waals surface area contributed by atoms with E-state index in [1.54, 1.807) is 0 Å². The van der Waals surface area contributed by atoms with Crippen molar-refractivity contribution < 1.29 is 14.2 Å². The predicted octanol–water partition coefficient (Wildman–Crippen LogP) is 2.58. The van der Waals surface area contributed by atoms with Crippen molar-refractivity contribution in [2.24, 2.45) is 10.7 Å². The molecule has 2 heterocycles. The summed E-state index contributed by atoms with van der Waals surface area (Å²) in [7, 11) is 0. The van der Waals surface area contributed by atoms with E-state index < -0.39 is 0 Å². The van der Waals surface area contributed by atoms with E-state index in [2.05, 4.69) is 4.99 Å². The van der Waals surface area contributed by atoms with Gasteiger partial charge in [0.15, 0.2) is 11.5 Å². The van der Waals surface area contributed by atoms with Crippen LogP contribution in [0.4, 0.5) is 0 Å². The first-order valence-electron chi connectivity index (χ1n) is 9.40. The number of hydrogen-bond acceptors (Lipinski definition) is 5. The van der Waals surface area contributed by atoms with E-state index in [4.69, 9.17) is 30.8 Å². The minimum absolute atomic E-state index is 0.0986. The second-order valence-electron chi connectivity index (χ2n) is 6.85. The van der Waals surface area contributed by atoms with Gasteiger partial charge >= 0.3 is 0 Å². The van der Waals surface area contributed by atoms with Crippen LogP contribution in [0.5, 0.6) is 17.2 Å². The molecule has 0 atom stereocenters. The number of piperidine rings is 1. The zero-order valence-corrected chi connectivity index (χ0v) is 16.3. The molecule has 1 fully saturated rings. The molecule has 0 saturated carbocycles. The maximum Gasteiger partial charge on any atom is 0.165 e. The molecule has 8 nitrogen and oxygen atoms in total. The van der Waals surface area contributed by atoms with Crippen molar-refractivity contribution in [1.82, 2.24) is 4.90 Å². The summed E-state index contributed by atoms with van der Waals surface area (Å²) in [5.74, 6) is 2.97. The predicted molar refractivity (Wildman–Crippen MR) is 109 cm³/mol. The first kappa shape index (κ1) is 19.7. The summed E-state index contributed by atoms with van der Waals surface area (Å²) in [4.78, 5) is 5.81. The Bertz CT molecular complexity index is 810. The van der Waals surface area contributed by atoms with Crippen LogP contribution in [0.15, 0.2) is 34.3 Å². The van der Waals surface area contributed by atoms with Crippen LogP contribution in [0.2, 0.25) is 0 Å². The fourth-order valence-electron chi connectivity index (χ4n) is 3.26. The van der Waals surface area contributed by atoms with E-state index >= 15 is 0 Å². The molecule has 0 aromatic heterocycles. The van der Waals surface area contributed by atoms with E-state index in [9.17, 15) is 0 Å². The SMILES string of the molecule is C/C(C(=N)N1CCC(Oc2ccc3c(c2)OCCO3)CC1)=C(\C)C(N)=NC=N. The molecule has 1 saturated heterocycles. The van der Waals surface area contributed by atoms with Crippen LogP contribution in [-0.2, 0) is 0 Å². The lowest BCUT2D eigenvalue weighted by molar-refractivity contribution is 0.128. The van der Waals surface area contributed by atoms with Crippen LogP contribution < -0.4 is 19.9 Å². The third kappa shape index (κ3) is 4.44. The summed E-state index contributed by atoms with van der Waals surface area (Å²) >= 11 is 0. The largest absolute Gasteiger partial charge is 0.490 e. The summed E-state index contributed by atoms with van der Waals surface area (Å²) in [6.07, 6.45) is 2.66. The van der Waals surface area contributed by atoms with Crippen molar-refractivity contribution in [1.29, 1.82) is 10.8 Å². The molecule has 1 aromatic rings. The molecule has 0 spiro atoms. The number of amidine groups is 2. The lowest BCUT2D eigenvalue weighted by Gasteiger charge is -2.34. The Morgan fingerprint density at radius 3 is 2.54 bits per heavy atom. The number of benzene rings is 1. The Hall–Kier alpha value is -3.03. The van der Waals surface area contributed by atoms with Crippen molar-refractivity contribution in [3.05, 3.63) is 29.3 Å². The fourth-order valence-corrected chi connectivity index (χ4v) is 3.26. The van der Waals surface area contributed by atoms with Gasteiger partial charge in [-0.2, -0.15) is 0 Å². The maximum atomic E-state index is 8.47. The van der Waals surface area contributed by atoms with E-state index in [1.165, 1.54) is 0 Å². The molecule has 0 aliphatic carbocycles. The topological polar surface area (TPSA) is 117 Å². The molecule has 3 rings (SSSR count). The zero-order valence-electron chi connectivity index (χ0n) is 16.3. The molecule has 2 aliphatic heterocycles. The Morgan fingerprint density at radius 1 is 1.18 bits per heavy atom. The number of aliphatic imine (C=N–C) groups is 1. The van der Waals surface area contributed by atoms with Crippen molar-refractivity contribution in [3.8, 4) is 17.2 Å². The second kappa shape index (κ2) is 8.77. The Labute approximate surface area is 165 Å². The van der Waals surface area contributed by atoms with E-state index in [-0.39, 0.29) is 11.9 Å². The van der Waals surface area contributed by atoms with Gasteiger partial charge in [0.1, 0.15) is 43.1 Å².